The van der Waals surface area contributed by atoms with Crippen LogP contribution in [0.15, 0.2) is 0 Å². The highest BCUT2D eigenvalue weighted by Crippen LogP contribution is 2.39. The zero-order chi connectivity index (χ0) is 18.8. The molecule has 2 saturated heterocycles. The van der Waals surface area contributed by atoms with E-state index < -0.39 is 14.6 Å². The van der Waals surface area contributed by atoms with Crippen molar-refractivity contribution in [3.63, 3.8) is 0 Å². The normalized spacial score (nSPS) is 27.8. The number of rotatable bonds is 5. The maximum Gasteiger partial charge on any atom is 0.244 e. The number of piperidine rings is 1. The summed E-state index contributed by atoms with van der Waals surface area (Å²) < 4.78 is 23.5. The number of hydrogen-bond acceptors (Lipinski definition) is 5. The average molecular weight is 422 g/mol. The Labute approximate surface area is 168 Å². The molecule has 2 unspecified atom stereocenters. The van der Waals surface area contributed by atoms with Crippen molar-refractivity contribution in [3.05, 3.63) is 0 Å². The molecule has 0 radical (unpaired) electrons. The smallest absolute Gasteiger partial charge is 0.244 e. The Hall–Kier alpha value is -0.860. The van der Waals surface area contributed by atoms with Gasteiger partial charge in [0.1, 0.15) is 0 Å². The van der Waals surface area contributed by atoms with Gasteiger partial charge in [0.15, 0.2) is 14.6 Å². The lowest BCUT2D eigenvalue weighted by Gasteiger charge is -2.38. The molecular formula is C18H32ClN3O4S. The minimum atomic E-state index is -3.44. The van der Waals surface area contributed by atoms with Crippen LogP contribution in [0.1, 0.15) is 51.4 Å². The molecule has 1 aliphatic carbocycles. The molecule has 0 bridgehead atoms. The molecule has 2 heterocycles. The zero-order valence-corrected chi connectivity index (χ0v) is 17.7. The van der Waals surface area contributed by atoms with E-state index >= 15 is 0 Å². The number of likely N-dealkylation sites (tertiary alicyclic amines) is 1. The molecule has 7 nitrogen and oxygen atoms in total. The third-order valence-corrected chi connectivity index (χ3v) is 8.26. The van der Waals surface area contributed by atoms with Crippen LogP contribution in [0.5, 0.6) is 0 Å². The van der Waals surface area contributed by atoms with Crippen molar-refractivity contribution in [3.8, 4) is 0 Å². The Bertz CT molecular complexity index is 643. The van der Waals surface area contributed by atoms with E-state index in [1.807, 2.05) is 0 Å². The topological polar surface area (TPSA) is 95.6 Å². The quantitative estimate of drug-likeness (QED) is 0.686. The Kier molecular flexibility index (Phi) is 7.55. The first-order valence-electron chi connectivity index (χ1n) is 9.83. The average Bonchev–Trinajstić information content (AvgIpc) is 3.30. The largest absolute Gasteiger partial charge is 0.354 e. The number of nitrogens with one attached hydrogen (secondary N) is 2. The monoisotopic (exact) mass is 421 g/mol. The molecule has 3 fully saturated rings. The number of sulfone groups is 1. The molecule has 0 aromatic heterocycles. The standard InChI is InChI=1S/C18H31N3O4S.ClH/c1-26(24,25)18(8-2-3-9-18)17(23)21-11-5-6-14(13-21)12-20-16(22)15-7-4-10-19-15;/h14-15,19H,2-13H2,1H3,(H,20,22);1H. The van der Waals surface area contributed by atoms with Crippen molar-refractivity contribution >= 4 is 34.1 Å². The summed E-state index contributed by atoms with van der Waals surface area (Å²) >= 11 is 0. The molecule has 0 spiro atoms. The van der Waals surface area contributed by atoms with Gasteiger partial charge in [-0.1, -0.05) is 12.8 Å². The van der Waals surface area contributed by atoms with Crippen molar-refractivity contribution in [1.29, 1.82) is 0 Å². The minimum absolute atomic E-state index is 0. The van der Waals surface area contributed by atoms with Crippen molar-refractivity contribution < 1.29 is 18.0 Å². The van der Waals surface area contributed by atoms with E-state index in [1.165, 1.54) is 6.26 Å². The van der Waals surface area contributed by atoms with Crippen LogP contribution < -0.4 is 10.6 Å². The summed E-state index contributed by atoms with van der Waals surface area (Å²) in [5.41, 5.74) is 0. The van der Waals surface area contributed by atoms with Crippen molar-refractivity contribution in [2.75, 3.05) is 32.4 Å². The number of carbonyl (C=O) groups excluding carboxylic acids is 2. The van der Waals surface area contributed by atoms with Crippen molar-refractivity contribution in [2.24, 2.45) is 5.92 Å². The van der Waals surface area contributed by atoms with Crippen LogP contribution in [0.25, 0.3) is 0 Å². The van der Waals surface area contributed by atoms with Crippen molar-refractivity contribution in [2.45, 2.75) is 62.2 Å². The van der Waals surface area contributed by atoms with E-state index in [0.29, 0.717) is 32.5 Å². The zero-order valence-electron chi connectivity index (χ0n) is 16.0. The van der Waals surface area contributed by atoms with Crippen LogP contribution in [-0.2, 0) is 19.4 Å². The van der Waals surface area contributed by atoms with E-state index in [0.717, 1.165) is 45.1 Å². The molecule has 2 aliphatic heterocycles. The van der Waals surface area contributed by atoms with Gasteiger partial charge in [0.05, 0.1) is 6.04 Å². The SMILES string of the molecule is CS(=O)(=O)C1(C(=O)N2CCCC(CNC(=O)C3CCCN3)C2)CCCC1.Cl. The molecule has 0 aromatic carbocycles. The highest BCUT2D eigenvalue weighted by Gasteiger charge is 2.52. The van der Waals surface area contributed by atoms with Gasteiger partial charge in [-0.3, -0.25) is 9.59 Å². The van der Waals surface area contributed by atoms with E-state index in [1.54, 1.807) is 4.90 Å². The van der Waals surface area contributed by atoms with Crippen LogP contribution >= 0.6 is 12.4 Å². The summed E-state index contributed by atoms with van der Waals surface area (Å²) in [6.07, 6.45) is 7.37. The van der Waals surface area contributed by atoms with Gasteiger partial charge in [-0.15, -0.1) is 12.4 Å². The molecular weight excluding hydrogens is 390 g/mol. The first-order valence-corrected chi connectivity index (χ1v) is 11.7. The fourth-order valence-corrected chi connectivity index (χ4v) is 6.15. The first kappa shape index (κ1) is 22.4. The van der Waals surface area contributed by atoms with Crippen LogP contribution in [0.4, 0.5) is 0 Å². The van der Waals surface area contributed by atoms with Gasteiger partial charge >= 0.3 is 0 Å². The second kappa shape index (κ2) is 9.09. The van der Waals surface area contributed by atoms with Crippen LogP contribution in [0.3, 0.4) is 0 Å². The van der Waals surface area contributed by atoms with Gasteiger partial charge in [-0.05, 0) is 51.0 Å². The van der Waals surface area contributed by atoms with Crippen LogP contribution in [0.2, 0.25) is 0 Å². The van der Waals surface area contributed by atoms with E-state index in [-0.39, 0.29) is 36.2 Å². The fourth-order valence-electron chi connectivity index (χ4n) is 4.67. The maximum atomic E-state index is 13.1. The van der Waals surface area contributed by atoms with Gasteiger partial charge < -0.3 is 15.5 Å². The van der Waals surface area contributed by atoms with Gasteiger partial charge in [0.2, 0.25) is 11.8 Å². The Balaban J connectivity index is 0.00000261. The number of nitrogens with zero attached hydrogens (tertiary/aromatic N) is 1. The summed E-state index contributed by atoms with van der Waals surface area (Å²) in [4.78, 5) is 27.0. The van der Waals surface area contributed by atoms with Gasteiger partial charge in [-0.2, -0.15) is 0 Å². The molecule has 2 amide bonds. The molecule has 27 heavy (non-hydrogen) atoms. The summed E-state index contributed by atoms with van der Waals surface area (Å²) in [6, 6.07) is -0.0941. The van der Waals surface area contributed by atoms with Crippen molar-refractivity contribution in [1.82, 2.24) is 15.5 Å². The predicted octanol–water partition coefficient (Wildman–Crippen LogP) is 0.872. The molecule has 0 aromatic rings. The second-order valence-electron chi connectivity index (χ2n) is 8.13. The molecule has 3 aliphatic rings. The highest BCUT2D eigenvalue weighted by molar-refractivity contribution is 7.92. The molecule has 2 N–H and O–H groups in total. The molecule has 3 rings (SSSR count). The fraction of sp³-hybridized carbons (Fsp3) is 0.889. The molecule has 9 heteroatoms. The minimum Gasteiger partial charge on any atom is -0.354 e. The molecule has 156 valence electrons. The Morgan fingerprint density at radius 2 is 1.85 bits per heavy atom. The van der Waals surface area contributed by atoms with Gasteiger partial charge in [0.25, 0.3) is 0 Å². The summed E-state index contributed by atoms with van der Waals surface area (Å²) in [5, 5.41) is 6.19. The van der Waals surface area contributed by atoms with Crippen LogP contribution in [0, 0.1) is 5.92 Å². The van der Waals surface area contributed by atoms with E-state index in [2.05, 4.69) is 10.6 Å². The third kappa shape index (κ3) is 4.77. The van der Waals surface area contributed by atoms with Gasteiger partial charge in [-0.25, -0.2) is 8.42 Å². The maximum absolute atomic E-state index is 13.1. The van der Waals surface area contributed by atoms with Gasteiger partial charge in [0, 0.05) is 25.9 Å². The lowest BCUT2D eigenvalue weighted by molar-refractivity contribution is -0.135. The summed E-state index contributed by atoms with van der Waals surface area (Å²) in [6.45, 7) is 2.59. The lowest BCUT2D eigenvalue weighted by Crippen LogP contribution is -2.55. The summed E-state index contributed by atoms with van der Waals surface area (Å²) in [7, 11) is -3.44. The summed E-state index contributed by atoms with van der Waals surface area (Å²) in [5.74, 6) is 0.0106. The number of carbonyl (C=O) groups is 2. The highest BCUT2D eigenvalue weighted by atomic mass is 35.5. The Morgan fingerprint density at radius 1 is 1.15 bits per heavy atom. The Morgan fingerprint density at radius 3 is 2.44 bits per heavy atom. The first-order chi connectivity index (χ1) is 12.3. The third-order valence-electron chi connectivity index (χ3n) is 6.26. The number of halogens is 1. The molecule has 2 atom stereocenters. The van der Waals surface area contributed by atoms with Crippen LogP contribution in [-0.4, -0.2) is 68.4 Å². The lowest BCUT2D eigenvalue weighted by atomic mass is 9.95. The van der Waals surface area contributed by atoms with E-state index in [9.17, 15) is 18.0 Å². The second-order valence-corrected chi connectivity index (χ2v) is 10.5. The van der Waals surface area contributed by atoms with E-state index in [4.69, 9.17) is 0 Å². The number of amides is 2. The molecule has 1 saturated carbocycles. The number of hydrogen-bond donors (Lipinski definition) is 2. The predicted molar refractivity (Wildman–Crippen MR) is 107 cm³/mol.